The van der Waals surface area contributed by atoms with E-state index in [-0.39, 0.29) is 23.8 Å². The minimum atomic E-state index is -0.870. The van der Waals surface area contributed by atoms with E-state index in [1.54, 1.807) is 56.7 Å². The van der Waals surface area contributed by atoms with Gasteiger partial charge in [0.05, 0.1) is 26.1 Å². The summed E-state index contributed by atoms with van der Waals surface area (Å²) in [6.07, 6.45) is 1.48. The summed E-state index contributed by atoms with van der Waals surface area (Å²) in [4.78, 5) is 27.7. The minimum absolute atomic E-state index is 0.0114. The van der Waals surface area contributed by atoms with E-state index in [0.717, 1.165) is 11.1 Å². The largest absolute Gasteiger partial charge is 0.507 e. The molecule has 7 nitrogen and oxygen atoms in total. The zero-order valence-electron chi connectivity index (χ0n) is 19.6. The maximum atomic E-state index is 13.2. The molecule has 1 unspecified atom stereocenters. The molecule has 1 aliphatic heterocycles. The average molecular weight is 462 g/mol. The minimum Gasteiger partial charge on any atom is -0.507 e. The molecular weight excluding hydrogens is 434 g/mol. The Labute approximate surface area is 198 Å². The topological polar surface area (TPSA) is 89.2 Å². The van der Waals surface area contributed by atoms with Crippen LogP contribution in [0.5, 0.6) is 11.5 Å². The van der Waals surface area contributed by atoms with Gasteiger partial charge in [-0.1, -0.05) is 26.0 Å². The molecule has 34 heavy (non-hydrogen) atoms. The molecule has 2 aromatic carbocycles. The van der Waals surface area contributed by atoms with Crippen molar-refractivity contribution in [1.82, 2.24) is 4.90 Å². The van der Waals surface area contributed by atoms with Crippen molar-refractivity contribution in [3.8, 4) is 11.5 Å². The van der Waals surface area contributed by atoms with Crippen molar-refractivity contribution >= 4 is 17.4 Å². The van der Waals surface area contributed by atoms with Crippen LogP contribution < -0.4 is 9.47 Å². The van der Waals surface area contributed by atoms with Gasteiger partial charge in [0, 0.05) is 12.1 Å². The van der Waals surface area contributed by atoms with Crippen molar-refractivity contribution in [1.29, 1.82) is 0 Å². The molecule has 0 radical (unpaired) electrons. The summed E-state index contributed by atoms with van der Waals surface area (Å²) in [5, 5.41) is 11.3. The average Bonchev–Trinajstić information content (AvgIpc) is 3.46. The second kappa shape index (κ2) is 9.47. The Balaban J connectivity index is 1.83. The highest BCUT2D eigenvalue weighted by atomic mass is 16.5. The number of likely N-dealkylation sites (tertiary alicyclic amines) is 1. The molecule has 7 heteroatoms. The van der Waals surface area contributed by atoms with E-state index in [4.69, 9.17) is 13.9 Å². The number of amides is 1. The number of ketones is 1. The number of methoxy groups -OCH3 is 2. The molecule has 0 saturated carbocycles. The van der Waals surface area contributed by atoms with E-state index in [1.807, 2.05) is 26.0 Å². The fourth-order valence-electron chi connectivity index (χ4n) is 4.24. The Morgan fingerprint density at radius 2 is 1.85 bits per heavy atom. The number of rotatable bonds is 7. The molecule has 1 aromatic heterocycles. The lowest BCUT2D eigenvalue weighted by Crippen LogP contribution is -2.29. The van der Waals surface area contributed by atoms with Crippen molar-refractivity contribution in [2.45, 2.75) is 32.4 Å². The summed E-state index contributed by atoms with van der Waals surface area (Å²) in [5.41, 5.74) is 2.08. The van der Waals surface area contributed by atoms with Crippen molar-refractivity contribution in [2.75, 3.05) is 14.2 Å². The van der Waals surface area contributed by atoms with Crippen LogP contribution in [0.3, 0.4) is 0 Å². The summed E-state index contributed by atoms with van der Waals surface area (Å²) >= 11 is 0. The van der Waals surface area contributed by atoms with Crippen molar-refractivity contribution in [2.24, 2.45) is 0 Å². The van der Waals surface area contributed by atoms with Gasteiger partial charge >= 0.3 is 0 Å². The summed E-state index contributed by atoms with van der Waals surface area (Å²) in [5.74, 6) is 0.125. The molecule has 0 spiro atoms. The van der Waals surface area contributed by atoms with Crippen LogP contribution in [0.1, 0.15) is 48.3 Å². The molecule has 1 amide bonds. The molecule has 2 heterocycles. The fraction of sp³-hybridized carbons (Fsp3) is 0.259. The van der Waals surface area contributed by atoms with Gasteiger partial charge in [-0.25, -0.2) is 0 Å². The maximum absolute atomic E-state index is 13.2. The first-order valence-electron chi connectivity index (χ1n) is 11.0. The molecule has 1 N–H and O–H groups in total. The van der Waals surface area contributed by atoms with Gasteiger partial charge < -0.3 is 23.9 Å². The van der Waals surface area contributed by atoms with E-state index >= 15 is 0 Å². The van der Waals surface area contributed by atoms with Gasteiger partial charge in [0.1, 0.15) is 29.1 Å². The molecule has 0 bridgehead atoms. The number of hydrogen-bond acceptors (Lipinski definition) is 6. The number of furan rings is 1. The van der Waals surface area contributed by atoms with Crippen LogP contribution in [0.2, 0.25) is 0 Å². The van der Waals surface area contributed by atoms with E-state index in [0.29, 0.717) is 22.8 Å². The van der Waals surface area contributed by atoms with E-state index in [9.17, 15) is 14.7 Å². The quantitative estimate of drug-likeness (QED) is 0.301. The molecule has 1 saturated heterocycles. The van der Waals surface area contributed by atoms with Crippen LogP contribution in [-0.4, -0.2) is 35.9 Å². The first kappa shape index (κ1) is 23.2. The van der Waals surface area contributed by atoms with Gasteiger partial charge in [0.2, 0.25) is 0 Å². The fourth-order valence-corrected chi connectivity index (χ4v) is 4.24. The lowest BCUT2D eigenvalue weighted by molar-refractivity contribution is -0.140. The van der Waals surface area contributed by atoms with E-state index < -0.39 is 17.7 Å². The third kappa shape index (κ3) is 4.17. The normalized spacial score (nSPS) is 17.4. The third-order valence-corrected chi connectivity index (χ3v) is 5.96. The standard InChI is InChI=1S/C27H27NO6/c1-16(2)20-14-18(10-11-21(20)33-4)25(29)23-24(22-9-6-12-34-22)28(27(31)26(23)30)15-17-7-5-8-19(13-17)32-3/h5-14,16,24,29H,15H2,1-4H3/b25-23-. The van der Waals surface area contributed by atoms with Crippen LogP contribution in [0.25, 0.3) is 5.76 Å². The predicted molar refractivity (Wildman–Crippen MR) is 127 cm³/mol. The predicted octanol–water partition coefficient (Wildman–Crippen LogP) is 5.04. The molecule has 1 atom stereocenters. The van der Waals surface area contributed by atoms with Gasteiger partial charge in [0.25, 0.3) is 11.7 Å². The van der Waals surface area contributed by atoms with E-state index in [1.165, 1.54) is 11.2 Å². The smallest absolute Gasteiger partial charge is 0.296 e. The highest BCUT2D eigenvalue weighted by molar-refractivity contribution is 6.46. The number of carbonyl (C=O) groups is 2. The van der Waals surface area contributed by atoms with Crippen LogP contribution in [0.4, 0.5) is 0 Å². The number of aliphatic hydroxyl groups excluding tert-OH is 1. The monoisotopic (exact) mass is 461 g/mol. The lowest BCUT2D eigenvalue weighted by Gasteiger charge is -2.23. The van der Waals surface area contributed by atoms with Crippen LogP contribution in [0.15, 0.2) is 70.9 Å². The zero-order valence-corrected chi connectivity index (χ0v) is 19.6. The second-order valence-corrected chi connectivity index (χ2v) is 8.41. The Morgan fingerprint density at radius 1 is 1.06 bits per heavy atom. The van der Waals surface area contributed by atoms with Crippen molar-refractivity contribution in [3.63, 3.8) is 0 Å². The Bertz CT molecular complexity index is 1240. The number of ether oxygens (including phenoxy) is 2. The Morgan fingerprint density at radius 3 is 2.50 bits per heavy atom. The summed E-state index contributed by atoms with van der Waals surface area (Å²) in [7, 11) is 3.15. The zero-order chi connectivity index (χ0) is 24.4. The molecule has 3 aromatic rings. The molecule has 1 aliphatic rings. The molecular formula is C27H27NO6. The van der Waals surface area contributed by atoms with Gasteiger partial charge in [0.15, 0.2) is 0 Å². The SMILES string of the molecule is COc1cccc(CN2C(=O)C(=O)/C(=C(\O)c3ccc(OC)c(C(C)C)c3)C2c2ccco2)c1. The Kier molecular flexibility index (Phi) is 6.45. The number of hydrogen-bond donors (Lipinski definition) is 1. The molecule has 4 rings (SSSR count). The first-order valence-corrected chi connectivity index (χ1v) is 11.0. The second-order valence-electron chi connectivity index (χ2n) is 8.41. The summed E-state index contributed by atoms with van der Waals surface area (Å²) in [6.45, 7) is 4.17. The first-order chi connectivity index (χ1) is 16.3. The van der Waals surface area contributed by atoms with E-state index in [2.05, 4.69) is 0 Å². The van der Waals surface area contributed by atoms with Crippen LogP contribution in [0, 0.1) is 0 Å². The number of benzene rings is 2. The van der Waals surface area contributed by atoms with Gasteiger partial charge in [-0.05, 0) is 59.5 Å². The van der Waals surface area contributed by atoms with Crippen molar-refractivity contribution < 1.29 is 28.6 Å². The van der Waals surface area contributed by atoms with Crippen molar-refractivity contribution in [3.05, 3.63) is 88.9 Å². The molecule has 176 valence electrons. The molecule has 1 fully saturated rings. The third-order valence-electron chi connectivity index (χ3n) is 5.96. The Hall–Kier alpha value is -4.00. The number of aliphatic hydroxyl groups is 1. The number of nitrogens with zero attached hydrogens (tertiary/aromatic N) is 1. The maximum Gasteiger partial charge on any atom is 0.296 e. The van der Waals surface area contributed by atoms with Crippen LogP contribution in [-0.2, 0) is 16.1 Å². The highest BCUT2D eigenvalue weighted by Crippen LogP contribution is 2.41. The number of carbonyl (C=O) groups excluding carboxylic acids is 2. The summed E-state index contributed by atoms with van der Waals surface area (Å²) < 4.78 is 16.3. The van der Waals surface area contributed by atoms with Crippen LogP contribution >= 0.6 is 0 Å². The lowest BCUT2D eigenvalue weighted by atomic mass is 9.95. The van der Waals surface area contributed by atoms with Gasteiger partial charge in [-0.3, -0.25) is 9.59 Å². The number of Topliss-reactive ketones (excluding diaryl/α,β-unsaturated/α-hetero) is 1. The van der Waals surface area contributed by atoms with Gasteiger partial charge in [-0.2, -0.15) is 0 Å². The highest BCUT2D eigenvalue weighted by Gasteiger charge is 2.47. The van der Waals surface area contributed by atoms with Gasteiger partial charge in [-0.15, -0.1) is 0 Å². The summed E-state index contributed by atoms with van der Waals surface area (Å²) in [6, 6.07) is 15.0. The molecule has 0 aliphatic carbocycles.